The number of aromatic nitrogens is 4. The second kappa shape index (κ2) is 11.6. The lowest BCUT2D eigenvalue weighted by Gasteiger charge is -2.16. The van der Waals surface area contributed by atoms with Crippen molar-refractivity contribution in [3.05, 3.63) is 45.5 Å². The van der Waals surface area contributed by atoms with Gasteiger partial charge in [-0.1, -0.05) is 0 Å². The zero-order valence-corrected chi connectivity index (χ0v) is 18.1. The fraction of sp³-hybridized carbons (Fsp3) is 0.556. The van der Waals surface area contributed by atoms with E-state index in [2.05, 4.69) is 9.97 Å². The molecule has 12 N–H and O–H groups in total. The van der Waals surface area contributed by atoms with Gasteiger partial charge < -0.3 is 57.1 Å². The lowest BCUT2D eigenvalue weighted by molar-refractivity contribution is -0.0549. The number of anilines is 2. The van der Waals surface area contributed by atoms with Crippen LogP contribution < -0.4 is 22.8 Å². The van der Waals surface area contributed by atoms with Gasteiger partial charge in [-0.25, -0.2) is 9.59 Å². The van der Waals surface area contributed by atoms with Crippen LogP contribution in [0.5, 0.6) is 0 Å². The van der Waals surface area contributed by atoms with Gasteiger partial charge in [-0.3, -0.25) is 9.13 Å². The molecule has 0 aromatic carbocycles. The van der Waals surface area contributed by atoms with E-state index in [1.54, 1.807) is 0 Å². The van der Waals surface area contributed by atoms with Crippen LogP contribution in [-0.4, -0.2) is 105 Å². The molecule has 196 valence electrons. The zero-order valence-electron chi connectivity index (χ0n) is 18.1. The third-order valence-electron chi connectivity index (χ3n) is 5.29. The average Bonchev–Trinajstić information content (AvgIpc) is 3.24. The summed E-state index contributed by atoms with van der Waals surface area (Å²) in [6, 6.07) is 2.74. The van der Waals surface area contributed by atoms with Crippen molar-refractivity contribution < 1.29 is 45.6 Å². The van der Waals surface area contributed by atoms with Gasteiger partial charge in [0.25, 0.3) is 0 Å². The van der Waals surface area contributed by atoms with Crippen LogP contribution in [0.4, 0.5) is 11.6 Å². The fourth-order valence-corrected chi connectivity index (χ4v) is 3.46. The summed E-state index contributed by atoms with van der Waals surface area (Å²) in [6.45, 7) is -0.905. The Kier molecular flexibility index (Phi) is 9.38. The van der Waals surface area contributed by atoms with Crippen molar-refractivity contribution in [1.82, 2.24) is 19.1 Å². The second-order valence-corrected chi connectivity index (χ2v) is 7.54. The predicted molar refractivity (Wildman–Crippen MR) is 115 cm³/mol. The van der Waals surface area contributed by atoms with E-state index in [-0.39, 0.29) is 17.1 Å². The highest BCUT2D eigenvalue weighted by molar-refractivity contribution is 5.24. The van der Waals surface area contributed by atoms with Gasteiger partial charge in [-0.2, -0.15) is 9.97 Å². The number of ether oxygens (including phenoxy) is 2. The zero-order chi connectivity index (χ0) is 25.2. The standard InChI is InChI=1S/2C9H13N3O5.H2O/c2*10-5-1-2-12(9(16)11-5)8-7(15)6(14)4(3-13)17-8;/h2*1-2,4,6-8,13-15H,3H2,(H2,10,11,16);1H2/t2*4-,6-,7-,8-;/m11./s1. The van der Waals surface area contributed by atoms with Crippen molar-refractivity contribution >= 4 is 11.6 Å². The summed E-state index contributed by atoms with van der Waals surface area (Å²) in [5, 5.41) is 56.3. The molecule has 17 nitrogen and oxygen atoms in total. The van der Waals surface area contributed by atoms with E-state index >= 15 is 0 Å². The molecule has 35 heavy (non-hydrogen) atoms. The van der Waals surface area contributed by atoms with Crippen molar-refractivity contribution in [3.63, 3.8) is 0 Å². The largest absolute Gasteiger partial charge is 0.412 e. The summed E-state index contributed by atoms with van der Waals surface area (Å²) in [4.78, 5) is 30.0. The van der Waals surface area contributed by atoms with Crippen LogP contribution in [-0.2, 0) is 9.47 Å². The molecule has 0 unspecified atom stereocenters. The molecular weight excluding hydrogens is 476 g/mol. The number of aliphatic hydroxyl groups excluding tert-OH is 6. The smallest absolute Gasteiger partial charge is 0.351 e. The minimum atomic E-state index is -1.31. The number of nitrogens with zero attached hydrogens (tertiary/aromatic N) is 4. The predicted octanol–water partition coefficient (Wildman–Crippen LogP) is -5.95. The van der Waals surface area contributed by atoms with E-state index in [9.17, 15) is 30.0 Å². The molecule has 0 aliphatic carbocycles. The molecule has 2 aromatic heterocycles. The quantitative estimate of drug-likeness (QED) is 0.192. The lowest BCUT2D eigenvalue weighted by Crippen LogP contribution is -2.36. The van der Waals surface area contributed by atoms with Gasteiger partial charge in [0.15, 0.2) is 12.5 Å². The highest BCUT2D eigenvalue weighted by atomic mass is 16.6. The Labute approximate surface area is 196 Å². The van der Waals surface area contributed by atoms with Crippen LogP contribution in [0.15, 0.2) is 34.1 Å². The minimum Gasteiger partial charge on any atom is -0.412 e. The monoisotopic (exact) mass is 504 g/mol. The van der Waals surface area contributed by atoms with Crippen LogP contribution in [0.3, 0.4) is 0 Å². The maximum absolute atomic E-state index is 11.5. The first-order valence-corrected chi connectivity index (χ1v) is 10.0. The van der Waals surface area contributed by atoms with Gasteiger partial charge in [0.1, 0.15) is 48.3 Å². The summed E-state index contributed by atoms with van der Waals surface area (Å²) in [5.74, 6) is 0.107. The SMILES string of the molecule is Nc1ccn([C@@H]2O[C@H](CO)[C@@H](O)[C@H]2O)c(=O)n1.Nc1ccn([C@@H]2O[C@H](CO)[C@@H](O)[C@H]2O)c(=O)n1.O. The second-order valence-electron chi connectivity index (χ2n) is 7.54. The summed E-state index contributed by atoms with van der Waals surface area (Å²) < 4.78 is 12.4. The van der Waals surface area contributed by atoms with Gasteiger partial charge in [0, 0.05) is 12.4 Å². The molecule has 2 aliphatic rings. The summed E-state index contributed by atoms with van der Waals surface area (Å²) in [5.41, 5.74) is 9.26. The lowest BCUT2D eigenvalue weighted by atomic mass is 10.1. The van der Waals surface area contributed by atoms with Crippen molar-refractivity contribution in [1.29, 1.82) is 0 Å². The highest BCUT2D eigenvalue weighted by Crippen LogP contribution is 2.28. The van der Waals surface area contributed by atoms with E-state index < -0.39 is 73.7 Å². The van der Waals surface area contributed by atoms with Gasteiger partial charge in [-0.15, -0.1) is 0 Å². The Morgan fingerprint density at radius 2 is 1.09 bits per heavy atom. The van der Waals surface area contributed by atoms with Crippen LogP contribution in [0.2, 0.25) is 0 Å². The van der Waals surface area contributed by atoms with Crippen LogP contribution >= 0.6 is 0 Å². The Hall–Kier alpha value is -3.00. The fourth-order valence-electron chi connectivity index (χ4n) is 3.46. The van der Waals surface area contributed by atoms with E-state index in [1.165, 1.54) is 24.5 Å². The molecule has 0 amide bonds. The third kappa shape index (κ3) is 5.81. The molecule has 8 atom stereocenters. The van der Waals surface area contributed by atoms with E-state index in [1.807, 2.05) is 0 Å². The normalized spacial score (nSPS) is 31.9. The molecule has 17 heteroatoms. The first-order valence-electron chi connectivity index (χ1n) is 10.0. The molecule has 2 saturated heterocycles. The van der Waals surface area contributed by atoms with Gasteiger partial charge >= 0.3 is 11.4 Å². The molecule has 0 saturated carbocycles. The van der Waals surface area contributed by atoms with Gasteiger partial charge in [-0.05, 0) is 12.1 Å². The molecule has 2 aliphatic heterocycles. The van der Waals surface area contributed by atoms with Crippen molar-refractivity contribution in [3.8, 4) is 0 Å². The van der Waals surface area contributed by atoms with Crippen molar-refractivity contribution in [2.24, 2.45) is 0 Å². The molecule has 0 radical (unpaired) electrons. The number of aliphatic hydroxyl groups is 6. The number of nitrogen functional groups attached to an aromatic ring is 2. The van der Waals surface area contributed by atoms with Crippen molar-refractivity contribution in [2.45, 2.75) is 49.1 Å². The topological polar surface area (TPSA) is 293 Å². The van der Waals surface area contributed by atoms with E-state index in [0.717, 1.165) is 9.13 Å². The summed E-state index contributed by atoms with van der Waals surface area (Å²) in [6.07, 6.45) is -6.53. The molecule has 4 rings (SSSR count). The molecule has 2 fully saturated rings. The first kappa shape index (κ1) is 28.2. The number of rotatable bonds is 4. The first-order chi connectivity index (χ1) is 16.1. The Morgan fingerprint density at radius 1 is 0.743 bits per heavy atom. The summed E-state index contributed by atoms with van der Waals surface area (Å²) in [7, 11) is 0. The Balaban J connectivity index is 0.000000240. The molecule has 4 heterocycles. The van der Waals surface area contributed by atoms with Crippen LogP contribution in [0, 0.1) is 0 Å². The maximum atomic E-state index is 11.5. The van der Waals surface area contributed by atoms with E-state index in [4.69, 9.17) is 31.2 Å². The average molecular weight is 504 g/mol. The number of hydrogen-bond acceptors (Lipinski definition) is 14. The molecule has 2 aromatic rings. The number of hydrogen-bond donors (Lipinski definition) is 8. The van der Waals surface area contributed by atoms with Gasteiger partial charge in [0.2, 0.25) is 0 Å². The number of nitrogens with two attached hydrogens (primary N) is 2. The summed E-state index contributed by atoms with van der Waals surface area (Å²) >= 11 is 0. The minimum absolute atomic E-state index is 0. The van der Waals surface area contributed by atoms with Crippen LogP contribution in [0.1, 0.15) is 12.5 Å². The van der Waals surface area contributed by atoms with Gasteiger partial charge in [0.05, 0.1) is 13.2 Å². The Morgan fingerprint density at radius 3 is 1.34 bits per heavy atom. The highest BCUT2D eigenvalue weighted by Gasteiger charge is 2.44. The van der Waals surface area contributed by atoms with E-state index in [0.29, 0.717) is 0 Å². The molecular formula is C18H28N6O11. The molecule has 0 bridgehead atoms. The maximum Gasteiger partial charge on any atom is 0.351 e. The van der Waals surface area contributed by atoms with Crippen LogP contribution in [0.25, 0.3) is 0 Å². The van der Waals surface area contributed by atoms with Crippen molar-refractivity contribution in [2.75, 3.05) is 24.7 Å². The Bertz CT molecular complexity index is 1010. The molecule has 0 spiro atoms. The third-order valence-corrected chi connectivity index (χ3v) is 5.29.